The Bertz CT molecular complexity index is 1030. The van der Waals surface area contributed by atoms with E-state index in [9.17, 15) is 0 Å². The van der Waals surface area contributed by atoms with Crippen molar-refractivity contribution in [2.45, 2.75) is 6.92 Å². The third-order valence-electron chi connectivity index (χ3n) is 4.69. The summed E-state index contributed by atoms with van der Waals surface area (Å²) < 4.78 is 0. The first-order valence-electron chi connectivity index (χ1n) is 8.33. The van der Waals surface area contributed by atoms with E-state index < -0.39 is 0 Å². The predicted molar refractivity (Wildman–Crippen MR) is 106 cm³/mol. The predicted octanol–water partition coefficient (Wildman–Crippen LogP) is 6.03. The highest BCUT2D eigenvalue weighted by Crippen LogP contribution is 2.37. The summed E-state index contributed by atoms with van der Waals surface area (Å²) in [5.74, 6) is 0. The van der Waals surface area contributed by atoms with Crippen molar-refractivity contribution in [3.05, 3.63) is 78.4 Å². The van der Waals surface area contributed by atoms with E-state index >= 15 is 0 Å². The lowest BCUT2D eigenvalue weighted by molar-refractivity contribution is 1.13. The summed E-state index contributed by atoms with van der Waals surface area (Å²) in [6.07, 6.45) is 0. The smallest absolute Gasteiger partial charge is 0.0361 e. The lowest BCUT2D eigenvalue weighted by Crippen LogP contribution is -2.07. The van der Waals surface area contributed by atoms with Crippen LogP contribution in [0.15, 0.2) is 72.8 Å². The minimum atomic E-state index is 1.22. The number of rotatable bonds is 2. The maximum Gasteiger partial charge on any atom is 0.0361 e. The molecule has 0 fully saturated rings. The van der Waals surface area contributed by atoms with Crippen molar-refractivity contribution in [3.63, 3.8) is 0 Å². The normalized spacial score (nSPS) is 11.1. The quantitative estimate of drug-likeness (QED) is 0.408. The Morgan fingerprint density at radius 1 is 0.667 bits per heavy atom. The molecule has 0 radical (unpaired) electrons. The van der Waals surface area contributed by atoms with Gasteiger partial charge in [-0.3, -0.25) is 0 Å². The second kappa shape index (κ2) is 5.68. The van der Waals surface area contributed by atoms with Gasteiger partial charge in [-0.1, -0.05) is 60.2 Å². The first kappa shape index (κ1) is 14.8. The average Bonchev–Trinajstić information content (AvgIpc) is 2.60. The monoisotopic (exact) mass is 311 g/mol. The van der Waals surface area contributed by atoms with Crippen LogP contribution in [0.2, 0.25) is 0 Å². The molecule has 4 rings (SSSR count). The summed E-state index contributed by atoms with van der Waals surface area (Å²) >= 11 is 0. The molecule has 0 N–H and O–H groups in total. The number of anilines is 1. The molecule has 0 aliphatic heterocycles. The standard InChI is InChI=1S/C23H21N/c1-16-8-9-19-15-18-6-4-5-7-21(18)23(22(19)14-16)17-10-12-20(13-11-17)24(2)3/h4-15H,1-3H3. The minimum Gasteiger partial charge on any atom is -0.378 e. The van der Waals surface area contributed by atoms with E-state index in [0.717, 1.165) is 0 Å². The fourth-order valence-corrected chi connectivity index (χ4v) is 3.41. The fourth-order valence-electron chi connectivity index (χ4n) is 3.41. The largest absolute Gasteiger partial charge is 0.378 e. The summed E-state index contributed by atoms with van der Waals surface area (Å²) in [4.78, 5) is 2.13. The number of hydrogen-bond donors (Lipinski definition) is 0. The average molecular weight is 311 g/mol. The number of hydrogen-bond acceptors (Lipinski definition) is 1. The maximum atomic E-state index is 2.30. The molecule has 4 aromatic rings. The maximum absolute atomic E-state index is 2.30. The summed E-state index contributed by atoms with van der Waals surface area (Å²) in [5, 5.41) is 5.23. The van der Waals surface area contributed by atoms with E-state index in [1.165, 1.54) is 43.9 Å². The molecule has 0 spiro atoms. The second-order valence-corrected chi connectivity index (χ2v) is 6.64. The molecule has 0 saturated heterocycles. The Kier molecular flexibility index (Phi) is 3.50. The molecular formula is C23H21N. The third-order valence-corrected chi connectivity index (χ3v) is 4.69. The SMILES string of the molecule is Cc1ccc2cc3ccccc3c(-c3ccc(N(C)C)cc3)c2c1. The molecule has 0 heterocycles. The Labute approximate surface area is 143 Å². The van der Waals surface area contributed by atoms with Gasteiger partial charge in [0, 0.05) is 19.8 Å². The van der Waals surface area contributed by atoms with Crippen LogP contribution in [0, 0.1) is 6.92 Å². The summed E-state index contributed by atoms with van der Waals surface area (Å²) in [5.41, 5.74) is 5.12. The van der Waals surface area contributed by atoms with Gasteiger partial charge in [0.15, 0.2) is 0 Å². The van der Waals surface area contributed by atoms with Crippen LogP contribution in [0.1, 0.15) is 5.56 Å². The second-order valence-electron chi connectivity index (χ2n) is 6.64. The molecule has 1 heteroatoms. The molecule has 0 aromatic heterocycles. The number of fused-ring (bicyclic) bond motifs is 2. The van der Waals surface area contributed by atoms with Crippen LogP contribution in [0.5, 0.6) is 0 Å². The van der Waals surface area contributed by atoms with Crippen LogP contribution >= 0.6 is 0 Å². The molecule has 0 unspecified atom stereocenters. The Morgan fingerprint density at radius 2 is 1.38 bits per heavy atom. The highest BCUT2D eigenvalue weighted by molar-refractivity contribution is 6.12. The fraction of sp³-hybridized carbons (Fsp3) is 0.130. The summed E-state index contributed by atoms with van der Waals surface area (Å²) in [6.45, 7) is 2.16. The minimum absolute atomic E-state index is 1.22. The molecule has 0 bridgehead atoms. The van der Waals surface area contributed by atoms with E-state index in [1.807, 2.05) is 0 Å². The molecule has 0 atom stereocenters. The molecule has 0 aliphatic rings. The van der Waals surface area contributed by atoms with Crippen LogP contribution in [0.25, 0.3) is 32.7 Å². The van der Waals surface area contributed by atoms with E-state index in [1.54, 1.807) is 0 Å². The molecule has 0 saturated carbocycles. The highest BCUT2D eigenvalue weighted by Gasteiger charge is 2.10. The van der Waals surface area contributed by atoms with E-state index in [4.69, 9.17) is 0 Å². The molecule has 118 valence electrons. The first-order valence-corrected chi connectivity index (χ1v) is 8.33. The Hall–Kier alpha value is -2.80. The van der Waals surface area contributed by atoms with Crippen LogP contribution in [-0.4, -0.2) is 14.1 Å². The van der Waals surface area contributed by atoms with Gasteiger partial charge in [-0.25, -0.2) is 0 Å². The van der Waals surface area contributed by atoms with Gasteiger partial charge in [0.1, 0.15) is 0 Å². The van der Waals surface area contributed by atoms with Gasteiger partial charge in [-0.2, -0.15) is 0 Å². The molecule has 1 nitrogen and oxygen atoms in total. The number of nitrogens with zero attached hydrogens (tertiary/aromatic N) is 1. The summed E-state index contributed by atoms with van der Waals surface area (Å²) in [6, 6.07) is 26.5. The van der Waals surface area contributed by atoms with Crippen molar-refractivity contribution < 1.29 is 0 Å². The van der Waals surface area contributed by atoms with E-state index in [2.05, 4.69) is 98.7 Å². The van der Waals surface area contributed by atoms with Gasteiger partial charge in [-0.15, -0.1) is 0 Å². The van der Waals surface area contributed by atoms with Gasteiger partial charge in [0.25, 0.3) is 0 Å². The van der Waals surface area contributed by atoms with Gasteiger partial charge in [0.05, 0.1) is 0 Å². The molecule has 24 heavy (non-hydrogen) atoms. The van der Waals surface area contributed by atoms with Crippen molar-refractivity contribution in [3.8, 4) is 11.1 Å². The first-order chi connectivity index (χ1) is 11.6. The van der Waals surface area contributed by atoms with Gasteiger partial charge >= 0.3 is 0 Å². The van der Waals surface area contributed by atoms with Crippen molar-refractivity contribution in [2.75, 3.05) is 19.0 Å². The van der Waals surface area contributed by atoms with Crippen molar-refractivity contribution in [1.82, 2.24) is 0 Å². The van der Waals surface area contributed by atoms with Gasteiger partial charge < -0.3 is 4.90 Å². The van der Waals surface area contributed by atoms with Crippen molar-refractivity contribution in [2.24, 2.45) is 0 Å². The lowest BCUT2D eigenvalue weighted by Gasteiger charge is -2.15. The van der Waals surface area contributed by atoms with E-state index in [0.29, 0.717) is 0 Å². The van der Waals surface area contributed by atoms with Crippen molar-refractivity contribution >= 4 is 27.2 Å². The van der Waals surface area contributed by atoms with Crippen LogP contribution in [0.3, 0.4) is 0 Å². The molecule has 0 amide bonds. The summed E-state index contributed by atoms with van der Waals surface area (Å²) in [7, 11) is 4.15. The number of benzene rings is 4. The zero-order valence-electron chi connectivity index (χ0n) is 14.4. The van der Waals surface area contributed by atoms with Crippen molar-refractivity contribution in [1.29, 1.82) is 0 Å². The van der Waals surface area contributed by atoms with Crippen LogP contribution in [0.4, 0.5) is 5.69 Å². The lowest BCUT2D eigenvalue weighted by atomic mass is 9.91. The molecular weight excluding hydrogens is 290 g/mol. The Morgan fingerprint density at radius 3 is 2.12 bits per heavy atom. The van der Waals surface area contributed by atoms with Gasteiger partial charge in [0.2, 0.25) is 0 Å². The Balaban J connectivity index is 2.08. The zero-order chi connectivity index (χ0) is 16.7. The number of aryl methyl sites for hydroxylation is 1. The highest BCUT2D eigenvalue weighted by atomic mass is 15.1. The molecule has 4 aromatic carbocycles. The third kappa shape index (κ3) is 2.43. The van der Waals surface area contributed by atoms with Crippen LogP contribution in [-0.2, 0) is 0 Å². The van der Waals surface area contributed by atoms with Crippen LogP contribution < -0.4 is 4.90 Å². The van der Waals surface area contributed by atoms with E-state index in [-0.39, 0.29) is 0 Å². The topological polar surface area (TPSA) is 3.24 Å². The molecule has 0 aliphatic carbocycles. The van der Waals surface area contributed by atoms with Gasteiger partial charge in [-0.05, 0) is 57.8 Å². The zero-order valence-corrected chi connectivity index (χ0v) is 14.4.